The van der Waals surface area contributed by atoms with Crippen LogP contribution in [0.4, 0.5) is 5.69 Å². The molecule has 0 fully saturated rings. The predicted molar refractivity (Wildman–Crippen MR) is 104 cm³/mol. The number of benzene rings is 2. The van der Waals surface area contributed by atoms with Gasteiger partial charge in [0, 0.05) is 15.9 Å². The van der Waals surface area contributed by atoms with Gasteiger partial charge in [-0.15, -0.1) is 0 Å². The lowest BCUT2D eigenvalue weighted by Crippen LogP contribution is -2.14. The van der Waals surface area contributed by atoms with Crippen LogP contribution in [0.5, 0.6) is 0 Å². The topological polar surface area (TPSA) is 46.9 Å². The number of halogens is 1. The maximum absolute atomic E-state index is 12.7. The Hall–Kier alpha value is -2.40. The van der Waals surface area contributed by atoms with E-state index in [2.05, 4.69) is 57.5 Å². The molecule has 0 unspecified atom stereocenters. The Kier molecular flexibility index (Phi) is 5.04. The van der Waals surface area contributed by atoms with Crippen molar-refractivity contribution in [3.63, 3.8) is 0 Å². The number of carbonyl (C=O) groups excluding carboxylic acids is 1. The highest BCUT2D eigenvalue weighted by molar-refractivity contribution is 9.10. The van der Waals surface area contributed by atoms with Crippen LogP contribution in [0.15, 0.2) is 53.0 Å². The molecule has 0 aliphatic rings. The van der Waals surface area contributed by atoms with Crippen molar-refractivity contribution < 1.29 is 4.79 Å². The van der Waals surface area contributed by atoms with Crippen molar-refractivity contribution >= 4 is 27.5 Å². The van der Waals surface area contributed by atoms with E-state index in [-0.39, 0.29) is 5.91 Å². The Bertz CT molecular complexity index is 913. The fourth-order valence-electron chi connectivity index (χ4n) is 2.81. The first-order valence-electron chi connectivity index (χ1n) is 8.10. The van der Waals surface area contributed by atoms with Crippen LogP contribution in [0.1, 0.15) is 32.9 Å². The summed E-state index contributed by atoms with van der Waals surface area (Å²) in [5.41, 5.74) is 5.38. The van der Waals surface area contributed by atoms with Crippen molar-refractivity contribution in [3.05, 3.63) is 81.1 Å². The van der Waals surface area contributed by atoms with Crippen LogP contribution >= 0.6 is 15.9 Å². The van der Waals surface area contributed by atoms with Gasteiger partial charge >= 0.3 is 0 Å². The minimum Gasteiger partial charge on any atom is -0.322 e. The number of anilines is 1. The lowest BCUT2D eigenvalue weighted by atomic mass is 10.1. The van der Waals surface area contributed by atoms with E-state index in [1.807, 2.05) is 42.8 Å². The van der Waals surface area contributed by atoms with Crippen molar-refractivity contribution in [1.29, 1.82) is 0 Å². The minimum absolute atomic E-state index is 0.136. The number of aromatic nitrogens is 2. The highest BCUT2D eigenvalue weighted by Crippen LogP contribution is 2.20. The summed E-state index contributed by atoms with van der Waals surface area (Å²) in [4.78, 5) is 12.7. The Balaban J connectivity index is 1.83. The van der Waals surface area contributed by atoms with E-state index < -0.39 is 0 Å². The fourth-order valence-corrected chi connectivity index (χ4v) is 3.20. The van der Waals surface area contributed by atoms with Gasteiger partial charge in [-0.3, -0.25) is 9.48 Å². The third-order valence-electron chi connectivity index (χ3n) is 4.14. The number of hydrogen-bond acceptors (Lipinski definition) is 2. The summed E-state index contributed by atoms with van der Waals surface area (Å²) < 4.78 is 2.81. The summed E-state index contributed by atoms with van der Waals surface area (Å²) in [5.74, 6) is -0.136. The first kappa shape index (κ1) is 17.4. The first-order chi connectivity index (χ1) is 11.9. The molecule has 2 aromatic carbocycles. The molecule has 1 aromatic heterocycles. The van der Waals surface area contributed by atoms with Crippen molar-refractivity contribution in [2.75, 3.05) is 5.32 Å². The highest BCUT2D eigenvalue weighted by Gasteiger charge is 2.19. The molecule has 4 nitrogen and oxygen atoms in total. The summed E-state index contributed by atoms with van der Waals surface area (Å²) in [6.07, 6.45) is 0. The number of nitrogens with zero attached hydrogens (tertiary/aromatic N) is 2. The van der Waals surface area contributed by atoms with Crippen LogP contribution in [0.25, 0.3) is 0 Å². The molecular formula is C20H20BrN3O. The van der Waals surface area contributed by atoms with E-state index in [0.717, 1.165) is 27.1 Å². The maximum atomic E-state index is 12.7. The standard InChI is InChI=1S/C20H20BrN3O/c1-13-7-9-16(10-8-13)12-24-15(3)19(14(2)23-24)20(25)22-18-6-4-5-17(21)11-18/h4-11H,12H2,1-3H3,(H,22,25). The average Bonchev–Trinajstić information content (AvgIpc) is 2.83. The van der Waals surface area contributed by atoms with Crippen molar-refractivity contribution in [2.24, 2.45) is 0 Å². The second kappa shape index (κ2) is 7.23. The number of amides is 1. The minimum atomic E-state index is -0.136. The summed E-state index contributed by atoms with van der Waals surface area (Å²) >= 11 is 3.42. The highest BCUT2D eigenvalue weighted by atomic mass is 79.9. The molecule has 5 heteroatoms. The van der Waals surface area contributed by atoms with Gasteiger partial charge < -0.3 is 5.32 Å². The summed E-state index contributed by atoms with van der Waals surface area (Å²) in [6.45, 7) is 6.52. The fraction of sp³-hybridized carbons (Fsp3) is 0.200. The molecule has 1 amide bonds. The van der Waals surface area contributed by atoms with Gasteiger partial charge in [0.1, 0.15) is 0 Å². The van der Waals surface area contributed by atoms with Crippen LogP contribution < -0.4 is 5.32 Å². The van der Waals surface area contributed by atoms with E-state index in [1.165, 1.54) is 5.56 Å². The number of nitrogens with one attached hydrogen (secondary N) is 1. The molecule has 0 saturated heterocycles. The van der Waals surface area contributed by atoms with Crippen molar-refractivity contribution in [2.45, 2.75) is 27.3 Å². The van der Waals surface area contributed by atoms with Gasteiger partial charge in [0.2, 0.25) is 0 Å². The number of carbonyl (C=O) groups is 1. The number of rotatable bonds is 4. The summed E-state index contributed by atoms with van der Waals surface area (Å²) in [5, 5.41) is 7.50. The van der Waals surface area contributed by atoms with Crippen LogP contribution in [0.3, 0.4) is 0 Å². The molecule has 0 aliphatic heterocycles. The van der Waals surface area contributed by atoms with Gasteiger partial charge in [-0.05, 0) is 44.5 Å². The smallest absolute Gasteiger partial charge is 0.259 e. The van der Waals surface area contributed by atoms with Gasteiger partial charge in [-0.1, -0.05) is 51.8 Å². The largest absolute Gasteiger partial charge is 0.322 e. The molecule has 0 bridgehead atoms. The van der Waals surface area contributed by atoms with Crippen molar-refractivity contribution in [3.8, 4) is 0 Å². The van der Waals surface area contributed by atoms with E-state index in [0.29, 0.717) is 12.1 Å². The van der Waals surface area contributed by atoms with Gasteiger partial charge in [-0.2, -0.15) is 5.10 Å². The van der Waals surface area contributed by atoms with Crippen LogP contribution in [-0.2, 0) is 6.54 Å². The molecule has 0 spiro atoms. The molecule has 25 heavy (non-hydrogen) atoms. The third kappa shape index (κ3) is 3.99. The lowest BCUT2D eigenvalue weighted by molar-refractivity contribution is 0.102. The molecule has 0 atom stereocenters. The Labute approximate surface area is 156 Å². The Morgan fingerprint density at radius 3 is 2.52 bits per heavy atom. The SMILES string of the molecule is Cc1ccc(Cn2nc(C)c(C(=O)Nc3cccc(Br)c3)c2C)cc1. The van der Waals surface area contributed by atoms with E-state index >= 15 is 0 Å². The zero-order valence-electron chi connectivity index (χ0n) is 14.5. The Morgan fingerprint density at radius 2 is 1.84 bits per heavy atom. The summed E-state index contributed by atoms with van der Waals surface area (Å²) in [7, 11) is 0. The van der Waals surface area contributed by atoms with Crippen LogP contribution in [-0.4, -0.2) is 15.7 Å². The first-order valence-corrected chi connectivity index (χ1v) is 8.90. The molecule has 0 aliphatic carbocycles. The number of hydrogen-bond donors (Lipinski definition) is 1. The van der Waals surface area contributed by atoms with Gasteiger partial charge in [-0.25, -0.2) is 0 Å². The quantitative estimate of drug-likeness (QED) is 0.682. The van der Waals surface area contributed by atoms with Gasteiger partial charge in [0.05, 0.1) is 17.8 Å². The second-order valence-electron chi connectivity index (χ2n) is 6.15. The van der Waals surface area contributed by atoms with E-state index in [1.54, 1.807) is 0 Å². The molecule has 1 heterocycles. The zero-order chi connectivity index (χ0) is 18.0. The monoisotopic (exact) mass is 397 g/mol. The van der Waals surface area contributed by atoms with Crippen molar-refractivity contribution in [1.82, 2.24) is 9.78 Å². The van der Waals surface area contributed by atoms with E-state index in [9.17, 15) is 4.79 Å². The maximum Gasteiger partial charge on any atom is 0.259 e. The predicted octanol–water partition coefficient (Wildman–Crippen LogP) is 4.87. The molecule has 0 radical (unpaired) electrons. The number of aryl methyl sites for hydroxylation is 2. The Morgan fingerprint density at radius 1 is 1.12 bits per heavy atom. The van der Waals surface area contributed by atoms with Crippen LogP contribution in [0, 0.1) is 20.8 Å². The average molecular weight is 398 g/mol. The van der Waals surface area contributed by atoms with Gasteiger partial charge in [0.25, 0.3) is 5.91 Å². The molecule has 1 N–H and O–H groups in total. The molecule has 3 rings (SSSR count). The van der Waals surface area contributed by atoms with Gasteiger partial charge in [0.15, 0.2) is 0 Å². The van der Waals surface area contributed by atoms with Crippen LogP contribution in [0.2, 0.25) is 0 Å². The zero-order valence-corrected chi connectivity index (χ0v) is 16.1. The lowest BCUT2D eigenvalue weighted by Gasteiger charge is -2.08. The molecule has 128 valence electrons. The van der Waals surface area contributed by atoms with E-state index in [4.69, 9.17) is 0 Å². The molecule has 3 aromatic rings. The second-order valence-corrected chi connectivity index (χ2v) is 7.07. The third-order valence-corrected chi connectivity index (χ3v) is 4.64. The molecular weight excluding hydrogens is 378 g/mol. The normalized spacial score (nSPS) is 10.7. The molecule has 0 saturated carbocycles. The summed E-state index contributed by atoms with van der Waals surface area (Å²) in [6, 6.07) is 15.9.